The molecule has 1 amide bonds. The topological polar surface area (TPSA) is 103 Å². The van der Waals surface area contributed by atoms with Gasteiger partial charge in [-0.1, -0.05) is 11.6 Å². The first kappa shape index (κ1) is 18.7. The van der Waals surface area contributed by atoms with Crippen molar-refractivity contribution in [1.29, 1.82) is 0 Å². The smallest absolute Gasteiger partial charge is 0.292 e. The summed E-state index contributed by atoms with van der Waals surface area (Å²) in [6.07, 6.45) is 0. The zero-order chi connectivity index (χ0) is 20.7. The molecule has 2 heterocycles. The van der Waals surface area contributed by atoms with Gasteiger partial charge in [0.25, 0.3) is 11.6 Å². The maximum atomic E-state index is 12.9. The van der Waals surface area contributed by atoms with Crippen LogP contribution in [0.15, 0.2) is 52.9 Å². The van der Waals surface area contributed by atoms with Crippen molar-refractivity contribution in [3.63, 3.8) is 0 Å². The molecular weight excluding hydrogens is 396 g/mol. The van der Waals surface area contributed by atoms with Crippen LogP contribution >= 0.6 is 11.6 Å². The van der Waals surface area contributed by atoms with E-state index < -0.39 is 10.8 Å². The van der Waals surface area contributed by atoms with E-state index in [9.17, 15) is 14.9 Å². The normalized spacial score (nSPS) is 11.0. The second kappa shape index (κ2) is 7.06. The van der Waals surface area contributed by atoms with Gasteiger partial charge in [-0.3, -0.25) is 14.9 Å². The Hall–Kier alpha value is -3.65. The van der Waals surface area contributed by atoms with Crippen molar-refractivity contribution in [3.8, 4) is 5.69 Å². The molecule has 29 heavy (non-hydrogen) atoms. The summed E-state index contributed by atoms with van der Waals surface area (Å²) in [6.45, 7) is 3.57. The highest BCUT2D eigenvalue weighted by Gasteiger charge is 2.20. The van der Waals surface area contributed by atoms with Gasteiger partial charge in [-0.2, -0.15) is 5.10 Å². The Morgan fingerprint density at radius 2 is 1.90 bits per heavy atom. The summed E-state index contributed by atoms with van der Waals surface area (Å²) < 4.78 is 7.21. The number of aryl methyl sites for hydroxylation is 2. The number of furan rings is 1. The highest BCUT2D eigenvalue weighted by molar-refractivity contribution is 6.31. The Bertz CT molecular complexity index is 1260. The molecule has 0 fully saturated rings. The molecule has 4 aromatic rings. The van der Waals surface area contributed by atoms with E-state index in [1.807, 2.05) is 0 Å². The summed E-state index contributed by atoms with van der Waals surface area (Å²) in [4.78, 5) is 23.2. The number of nitro groups is 1. The number of anilines is 1. The van der Waals surface area contributed by atoms with Gasteiger partial charge in [-0.15, -0.1) is 0 Å². The van der Waals surface area contributed by atoms with Crippen molar-refractivity contribution in [2.45, 2.75) is 13.8 Å². The van der Waals surface area contributed by atoms with Crippen LogP contribution in [0, 0.1) is 24.0 Å². The van der Waals surface area contributed by atoms with Gasteiger partial charge >= 0.3 is 0 Å². The fraction of sp³-hybridized carbons (Fsp3) is 0.100. The Kier molecular flexibility index (Phi) is 4.56. The number of benzene rings is 2. The second-order valence-electron chi connectivity index (χ2n) is 6.51. The van der Waals surface area contributed by atoms with Crippen LogP contribution in [0.2, 0.25) is 5.02 Å². The van der Waals surface area contributed by atoms with E-state index in [2.05, 4.69) is 10.4 Å². The van der Waals surface area contributed by atoms with Gasteiger partial charge < -0.3 is 9.73 Å². The molecule has 9 heteroatoms. The number of non-ortho nitro benzene ring substituents is 1. The van der Waals surface area contributed by atoms with Crippen LogP contribution in [0.3, 0.4) is 0 Å². The van der Waals surface area contributed by atoms with Gasteiger partial charge in [0.05, 0.1) is 16.3 Å². The number of carbonyl (C=O) groups excluding carboxylic acids is 1. The minimum Gasteiger partial charge on any atom is -0.451 e. The maximum absolute atomic E-state index is 12.9. The number of hydrogen-bond acceptors (Lipinski definition) is 5. The third kappa shape index (κ3) is 3.45. The molecule has 0 atom stereocenters. The highest BCUT2D eigenvalue weighted by atomic mass is 35.5. The Balaban J connectivity index is 1.67. The quantitative estimate of drug-likeness (QED) is 0.374. The van der Waals surface area contributed by atoms with E-state index in [0.717, 1.165) is 5.39 Å². The molecule has 2 aromatic heterocycles. The minimum atomic E-state index is -0.475. The fourth-order valence-corrected chi connectivity index (χ4v) is 3.26. The van der Waals surface area contributed by atoms with E-state index >= 15 is 0 Å². The summed E-state index contributed by atoms with van der Waals surface area (Å²) in [5, 5.41) is 19.3. The predicted octanol–water partition coefficient (Wildman–Crippen LogP) is 5.05. The maximum Gasteiger partial charge on any atom is 0.292 e. The number of nitrogens with zero attached hydrogens (tertiary/aromatic N) is 3. The van der Waals surface area contributed by atoms with E-state index in [0.29, 0.717) is 33.4 Å². The zero-order valence-electron chi connectivity index (χ0n) is 15.5. The monoisotopic (exact) mass is 410 g/mol. The van der Waals surface area contributed by atoms with Crippen LogP contribution in [-0.2, 0) is 0 Å². The van der Waals surface area contributed by atoms with Gasteiger partial charge in [-0.05, 0) is 44.2 Å². The molecule has 1 N–H and O–H groups in total. The van der Waals surface area contributed by atoms with Crippen LogP contribution in [0.25, 0.3) is 16.7 Å². The molecule has 0 bridgehead atoms. The van der Waals surface area contributed by atoms with E-state index in [1.54, 1.807) is 50.2 Å². The average Bonchev–Trinajstić information content (AvgIpc) is 3.21. The largest absolute Gasteiger partial charge is 0.451 e. The van der Waals surface area contributed by atoms with Crippen LogP contribution < -0.4 is 5.32 Å². The van der Waals surface area contributed by atoms with Gasteiger partial charge in [-0.25, -0.2) is 4.68 Å². The summed E-state index contributed by atoms with van der Waals surface area (Å²) in [5.74, 6) is 0.161. The molecule has 2 aromatic carbocycles. The van der Waals surface area contributed by atoms with E-state index in [4.69, 9.17) is 16.0 Å². The molecule has 0 aliphatic carbocycles. The van der Waals surface area contributed by atoms with E-state index in [1.165, 1.54) is 16.8 Å². The number of carbonyl (C=O) groups is 1. The van der Waals surface area contributed by atoms with Crippen molar-refractivity contribution in [3.05, 3.63) is 80.7 Å². The number of nitrogens with one attached hydrogen (secondary N) is 1. The first-order valence-electron chi connectivity index (χ1n) is 8.65. The lowest BCUT2D eigenvalue weighted by molar-refractivity contribution is -0.384. The Morgan fingerprint density at radius 3 is 2.59 bits per heavy atom. The van der Waals surface area contributed by atoms with Crippen LogP contribution in [0.5, 0.6) is 0 Å². The third-order valence-electron chi connectivity index (χ3n) is 4.48. The lowest BCUT2D eigenvalue weighted by atomic mass is 10.1. The molecule has 0 saturated heterocycles. The van der Waals surface area contributed by atoms with Crippen molar-refractivity contribution in [2.75, 3.05) is 5.32 Å². The minimum absolute atomic E-state index is 0.0280. The number of aromatic nitrogens is 2. The summed E-state index contributed by atoms with van der Waals surface area (Å²) in [7, 11) is 0. The van der Waals surface area contributed by atoms with Crippen molar-refractivity contribution >= 4 is 40.0 Å². The predicted molar refractivity (Wildman–Crippen MR) is 109 cm³/mol. The zero-order valence-corrected chi connectivity index (χ0v) is 16.2. The number of halogens is 1. The van der Waals surface area contributed by atoms with Crippen LogP contribution in [0.4, 0.5) is 11.5 Å². The molecule has 0 radical (unpaired) electrons. The Morgan fingerprint density at radius 1 is 1.17 bits per heavy atom. The van der Waals surface area contributed by atoms with Crippen molar-refractivity contribution in [2.24, 2.45) is 0 Å². The summed E-state index contributed by atoms with van der Waals surface area (Å²) in [5.41, 5.74) is 2.47. The highest BCUT2D eigenvalue weighted by Crippen LogP contribution is 2.29. The summed E-state index contributed by atoms with van der Waals surface area (Å²) >= 11 is 6.04. The third-order valence-corrected chi connectivity index (χ3v) is 4.72. The molecule has 0 aliphatic heterocycles. The number of fused-ring (bicyclic) bond motifs is 1. The number of nitro benzene ring substituents is 1. The molecule has 146 valence electrons. The molecule has 4 rings (SSSR count). The van der Waals surface area contributed by atoms with E-state index in [-0.39, 0.29) is 11.4 Å². The van der Waals surface area contributed by atoms with Crippen LogP contribution in [-0.4, -0.2) is 20.6 Å². The standard InChI is InChI=1S/C20H15ClN4O4/c1-11-9-18(24(23-11)14-4-6-15(7-5-14)25(27)28)22-20(26)19-12(2)16-10-13(21)3-8-17(16)29-19/h3-10H,1-2H3,(H,22,26). The molecule has 8 nitrogen and oxygen atoms in total. The number of amides is 1. The SMILES string of the molecule is Cc1cc(NC(=O)c2oc3ccc(Cl)cc3c2C)n(-c2ccc([N+](=O)[O-])cc2)n1. The van der Waals surface area contributed by atoms with Gasteiger partial charge in [0, 0.05) is 34.2 Å². The van der Waals surface area contributed by atoms with Crippen molar-refractivity contribution < 1.29 is 14.1 Å². The first-order valence-corrected chi connectivity index (χ1v) is 9.03. The molecule has 0 saturated carbocycles. The first-order chi connectivity index (χ1) is 13.8. The Labute approximate surface area is 169 Å². The number of rotatable bonds is 4. The molecule has 0 spiro atoms. The lowest BCUT2D eigenvalue weighted by Crippen LogP contribution is -2.15. The van der Waals surface area contributed by atoms with Crippen molar-refractivity contribution in [1.82, 2.24) is 9.78 Å². The molecular formula is C20H15ClN4O4. The van der Waals surface area contributed by atoms with Gasteiger partial charge in [0.1, 0.15) is 11.4 Å². The molecule has 0 aliphatic rings. The molecule has 0 unspecified atom stereocenters. The summed E-state index contributed by atoms with van der Waals surface area (Å²) in [6, 6.07) is 12.7. The lowest BCUT2D eigenvalue weighted by Gasteiger charge is -2.08. The van der Waals surface area contributed by atoms with Gasteiger partial charge in [0.15, 0.2) is 5.76 Å². The van der Waals surface area contributed by atoms with Crippen LogP contribution in [0.1, 0.15) is 21.8 Å². The number of hydrogen-bond donors (Lipinski definition) is 1. The second-order valence-corrected chi connectivity index (χ2v) is 6.94. The fourth-order valence-electron chi connectivity index (χ4n) is 3.08. The average molecular weight is 411 g/mol. The van der Waals surface area contributed by atoms with Gasteiger partial charge in [0.2, 0.25) is 0 Å².